The van der Waals surface area contributed by atoms with E-state index in [0.717, 1.165) is 31.4 Å². The van der Waals surface area contributed by atoms with Gasteiger partial charge in [0.05, 0.1) is 10.6 Å². The van der Waals surface area contributed by atoms with Gasteiger partial charge in [-0.15, -0.1) is 0 Å². The molecule has 0 aliphatic carbocycles. The lowest BCUT2D eigenvalue weighted by molar-refractivity contribution is 0.000631. The zero-order valence-corrected chi connectivity index (χ0v) is 11.2. The van der Waals surface area contributed by atoms with E-state index >= 15 is 0 Å². The van der Waals surface area contributed by atoms with Crippen LogP contribution in [0.5, 0.6) is 0 Å². The van der Waals surface area contributed by atoms with E-state index in [0.29, 0.717) is 4.47 Å². The number of hydrogen-bond acceptors (Lipinski definition) is 2. The fourth-order valence-corrected chi connectivity index (χ4v) is 2.60. The van der Waals surface area contributed by atoms with Crippen LogP contribution in [-0.4, -0.2) is 18.8 Å². The fraction of sp³-hybridized carbons (Fsp3) is 0.538. The summed E-state index contributed by atoms with van der Waals surface area (Å²) in [4.78, 5) is 0. The van der Waals surface area contributed by atoms with Gasteiger partial charge in [0.2, 0.25) is 0 Å². The Hall–Kier alpha value is -0.450. The number of halogens is 2. The molecule has 2 unspecified atom stereocenters. The first-order valence-corrected chi connectivity index (χ1v) is 6.77. The molecule has 2 rings (SSSR count). The quantitative estimate of drug-likeness (QED) is 0.931. The van der Waals surface area contributed by atoms with E-state index in [1.54, 1.807) is 12.1 Å². The van der Waals surface area contributed by atoms with Crippen molar-refractivity contribution in [3.63, 3.8) is 0 Å². The maximum Gasteiger partial charge on any atom is 0.137 e. The van der Waals surface area contributed by atoms with Crippen LogP contribution >= 0.6 is 15.9 Å². The first kappa shape index (κ1) is 13.0. The molecule has 1 aliphatic heterocycles. The summed E-state index contributed by atoms with van der Waals surface area (Å²) >= 11 is 3.18. The van der Waals surface area contributed by atoms with Crippen molar-refractivity contribution in [2.45, 2.75) is 37.8 Å². The third-order valence-electron chi connectivity index (χ3n) is 3.15. The second-order valence-electron chi connectivity index (χ2n) is 4.52. The van der Waals surface area contributed by atoms with Gasteiger partial charge in [0.25, 0.3) is 0 Å². The van der Waals surface area contributed by atoms with Crippen LogP contribution in [0.2, 0.25) is 0 Å². The van der Waals surface area contributed by atoms with Gasteiger partial charge in [0.1, 0.15) is 5.82 Å². The van der Waals surface area contributed by atoms with Crippen molar-refractivity contribution < 1.29 is 9.13 Å². The van der Waals surface area contributed by atoms with Crippen LogP contribution in [0, 0.1) is 5.82 Å². The first-order chi connectivity index (χ1) is 8.16. The van der Waals surface area contributed by atoms with Crippen LogP contribution in [-0.2, 0) is 11.2 Å². The van der Waals surface area contributed by atoms with Gasteiger partial charge in [-0.3, -0.25) is 0 Å². The van der Waals surface area contributed by atoms with Crippen molar-refractivity contribution in [2.24, 2.45) is 5.73 Å². The van der Waals surface area contributed by atoms with E-state index in [9.17, 15) is 4.39 Å². The summed E-state index contributed by atoms with van der Waals surface area (Å²) in [6.45, 7) is 0.811. The number of ether oxygens (including phenoxy) is 1. The SMILES string of the molecule is NC(Cc1ccc(F)c(Br)c1)C1CCCCO1. The van der Waals surface area contributed by atoms with Crippen LogP contribution in [0.1, 0.15) is 24.8 Å². The summed E-state index contributed by atoms with van der Waals surface area (Å²) in [6.07, 6.45) is 4.22. The molecular formula is C13H17BrFNO. The second-order valence-corrected chi connectivity index (χ2v) is 5.38. The third-order valence-corrected chi connectivity index (χ3v) is 3.76. The summed E-state index contributed by atoms with van der Waals surface area (Å²) in [5.74, 6) is -0.240. The highest BCUT2D eigenvalue weighted by atomic mass is 79.9. The van der Waals surface area contributed by atoms with E-state index < -0.39 is 0 Å². The average molecular weight is 302 g/mol. The average Bonchev–Trinajstić information content (AvgIpc) is 2.35. The zero-order chi connectivity index (χ0) is 12.3. The van der Waals surface area contributed by atoms with Crippen LogP contribution in [0.3, 0.4) is 0 Å². The van der Waals surface area contributed by atoms with E-state index in [2.05, 4.69) is 15.9 Å². The van der Waals surface area contributed by atoms with Crippen molar-refractivity contribution >= 4 is 15.9 Å². The molecule has 2 nitrogen and oxygen atoms in total. The molecule has 0 amide bonds. The monoisotopic (exact) mass is 301 g/mol. The lowest BCUT2D eigenvalue weighted by Gasteiger charge is -2.28. The molecule has 0 bridgehead atoms. The van der Waals surface area contributed by atoms with E-state index in [1.165, 1.54) is 12.5 Å². The summed E-state index contributed by atoms with van der Waals surface area (Å²) < 4.78 is 19.2. The molecule has 0 aromatic heterocycles. The summed E-state index contributed by atoms with van der Waals surface area (Å²) in [6, 6.07) is 5.03. The standard InChI is InChI=1S/C13H17BrFNO/c14-10-7-9(4-5-11(10)15)8-12(16)13-3-1-2-6-17-13/h4-5,7,12-13H,1-3,6,8,16H2. The molecule has 0 spiro atoms. The Morgan fingerprint density at radius 2 is 2.29 bits per heavy atom. The Morgan fingerprint density at radius 3 is 2.94 bits per heavy atom. The Kier molecular flexibility index (Phi) is 4.54. The minimum Gasteiger partial charge on any atom is -0.377 e. The van der Waals surface area contributed by atoms with Gasteiger partial charge in [-0.2, -0.15) is 0 Å². The molecule has 1 heterocycles. The van der Waals surface area contributed by atoms with Gasteiger partial charge in [0, 0.05) is 12.6 Å². The first-order valence-electron chi connectivity index (χ1n) is 5.98. The molecule has 4 heteroatoms. The van der Waals surface area contributed by atoms with Gasteiger partial charge in [-0.05, 0) is 59.3 Å². The van der Waals surface area contributed by atoms with Crippen LogP contribution < -0.4 is 5.73 Å². The number of nitrogens with two attached hydrogens (primary N) is 1. The van der Waals surface area contributed by atoms with Gasteiger partial charge < -0.3 is 10.5 Å². The molecule has 94 valence electrons. The normalized spacial score (nSPS) is 22.4. The molecular weight excluding hydrogens is 285 g/mol. The van der Waals surface area contributed by atoms with Crippen LogP contribution in [0.15, 0.2) is 22.7 Å². The van der Waals surface area contributed by atoms with E-state index in [4.69, 9.17) is 10.5 Å². The summed E-state index contributed by atoms with van der Waals surface area (Å²) in [5.41, 5.74) is 7.18. The predicted octanol–water partition coefficient (Wildman–Crippen LogP) is 3.03. The Bertz CT molecular complexity index is 380. The van der Waals surface area contributed by atoms with Crippen molar-refractivity contribution in [2.75, 3.05) is 6.61 Å². The molecule has 2 atom stereocenters. The van der Waals surface area contributed by atoms with Crippen LogP contribution in [0.25, 0.3) is 0 Å². The Balaban J connectivity index is 1.96. The fourth-order valence-electron chi connectivity index (χ4n) is 2.17. The predicted molar refractivity (Wildman–Crippen MR) is 69.4 cm³/mol. The topological polar surface area (TPSA) is 35.2 Å². The number of hydrogen-bond donors (Lipinski definition) is 1. The van der Waals surface area contributed by atoms with E-state index in [1.807, 2.05) is 0 Å². The molecule has 1 aromatic carbocycles. The highest BCUT2D eigenvalue weighted by Crippen LogP contribution is 2.20. The Labute approximate surface area is 109 Å². The molecule has 1 aliphatic rings. The third kappa shape index (κ3) is 3.50. The molecule has 17 heavy (non-hydrogen) atoms. The highest BCUT2D eigenvalue weighted by Gasteiger charge is 2.21. The van der Waals surface area contributed by atoms with Gasteiger partial charge in [-0.1, -0.05) is 6.07 Å². The summed E-state index contributed by atoms with van der Waals surface area (Å²) in [5, 5.41) is 0. The molecule has 1 fully saturated rings. The lowest BCUT2D eigenvalue weighted by atomic mass is 9.97. The molecule has 2 N–H and O–H groups in total. The second kappa shape index (κ2) is 5.94. The molecule has 1 aromatic rings. The molecule has 1 saturated heterocycles. The smallest absolute Gasteiger partial charge is 0.137 e. The Morgan fingerprint density at radius 1 is 1.47 bits per heavy atom. The number of rotatable bonds is 3. The van der Waals surface area contributed by atoms with Crippen molar-refractivity contribution in [3.8, 4) is 0 Å². The minimum absolute atomic E-state index is 0.00680. The van der Waals surface area contributed by atoms with Gasteiger partial charge in [-0.25, -0.2) is 4.39 Å². The van der Waals surface area contributed by atoms with Crippen molar-refractivity contribution in [1.82, 2.24) is 0 Å². The largest absolute Gasteiger partial charge is 0.377 e. The maximum atomic E-state index is 13.1. The van der Waals surface area contributed by atoms with Crippen LogP contribution in [0.4, 0.5) is 4.39 Å². The maximum absolute atomic E-state index is 13.1. The molecule has 0 saturated carbocycles. The minimum atomic E-state index is -0.240. The van der Waals surface area contributed by atoms with Gasteiger partial charge >= 0.3 is 0 Å². The molecule has 0 radical (unpaired) electrons. The van der Waals surface area contributed by atoms with E-state index in [-0.39, 0.29) is 18.0 Å². The zero-order valence-electron chi connectivity index (χ0n) is 9.66. The summed E-state index contributed by atoms with van der Waals surface area (Å²) in [7, 11) is 0. The number of benzene rings is 1. The highest BCUT2D eigenvalue weighted by molar-refractivity contribution is 9.10. The van der Waals surface area contributed by atoms with Gasteiger partial charge in [0.15, 0.2) is 0 Å². The lowest BCUT2D eigenvalue weighted by Crippen LogP contribution is -2.40. The van der Waals surface area contributed by atoms with Crippen molar-refractivity contribution in [1.29, 1.82) is 0 Å². The van der Waals surface area contributed by atoms with Crippen molar-refractivity contribution in [3.05, 3.63) is 34.1 Å².